The van der Waals surface area contributed by atoms with E-state index in [1.807, 2.05) is 30.5 Å². The largest absolute Gasteiger partial charge is 0.496 e. The van der Waals surface area contributed by atoms with E-state index in [1.165, 1.54) is 0 Å². The molecule has 1 amide bonds. The topological polar surface area (TPSA) is 47.6 Å². The first-order valence-corrected chi connectivity index (χ1v) is 7.07. The number of hydrogen-bond donors (Lipinski definition) is 1. The van der Waals surface area contributed by atoms with Gasteiger partial charge in [-0.05, 0) is 30.0 Å². The molecule has 1 heterocycles. The van der Waals surface area contributed by atoms with E-state index in [2.05, 4.69) is 5.32 Å². The zero-order chi connectivity index (χ0) is 14.5. The van der Waals surface area contributed by atoms with Crippen LogP contribution in [0.2, 0.25) is 0 Å². The summed E-state index contributed by atoms with van der Waals surface area (Å²) in [6, 6.07) is 7.50. The Hall–Kier alpha value is -2.01. The average molecular weight is 291 g/mol. The third kappa shape index (κ3) is 3.30. The summed E-state index contributed by atoms with van der Waals surface area (Å²) < 4.78 is 10.6. The van der Waals surface area contributed by atoms with Gasteiger partial charge in [0, 0.05) is 10.9 Å². The molecule has 0 fully saturated rings. The van der Waals surface area contributed by atoms with Crippen molar-refractivity contribution >= 4 is 22.9 Å². The van der Waals surface area contributed by atoms with Crippen LogP contribution in [0, 0.1) is 6.92 Å². The summed E-state index contributed by atoms with van der Waals surface area (Å²) in [5.41, 5.74) is 1.58. The molecule has 0 radical (unpaired) electrons. The van der Waals surface area contributed by atoms with Crippen LogP contribution < -0.4 is 14.8 Å². The van der Waals surface area contributed by atoms with Crippen LogP contribution >= 0.6 is 11.3 Å². The molecule has 106 valence electrons. The normalized spacial score (nSPS) is 10.2. The fourth-order valence-corrected chi connectivity index (χ4v) is 2.62. The lowest BCUT2D eigenvalue weighted by molar-refractivity contribution is -0.115. The molecule has 2 rings (SSSR count). The number of hydrogen-bond acceptors (Lipinski definition) is 4. The molecule has 4 nitrogen and oxygen atoms in total. The van der Waals surface area contributed by atoms with Crippen LogP contribution in [-0.2, 0) is 11.2 Å². The van der Waals surface area contributed by atoms with Crippen LogP contribution in [-0.4, -0.2) is 20.1 Å². The molecule has 0 saturated carbocycles. The Morgan fingerprint density at radius 1 is 1.25 bits per heavy atom. The monoisotopic (exact) mass is 291 g/mol. The predicted octanol–water partition coefficient (Wildman–Crippen LogP) is 3.25. The second-order valence-corrected chi connectivity index (χ2v) is 5.36. The summed E-state index contributed by atoms with van der Waals surface area (Å²) in [7, 11) is 3.18. The molecule has 0 unspecified atom stereocenters. The summed E-state index contributed by atoms with van der Waals surface area (Å²) >= 11 is 1.57. The van der Waals surface area contributed by atoms with Crippen LogP contribution in [0.5, 0.6) is 11.5 Å². The van der Waals surface area contributed by atoms with E-state index in [9.17, 15) is 4.79 Å². The molecule has 0 bridgehead atoms. The second-order valence-electron chi connectivity index (χ2n) is 4.33. The number of thiophene rings is 1. The molecular weight excluding hydrogens is 274 g/mol. The molecule has 0 atom stereocenters. The average Bonchev–Trinajstić information content (AvgIpc) is 2.92. The van der Waals surface area contributed by atoms with Gasteiger partial charge in [0.25, 0.3) is 0 Å². The van der Waals surface area contributed by atoms with Crippen LogP contribution in [0.3, 0.4) is 0 Å². The van der Waals surface area contributed by atoms with Gasteiger partial charge in [-0.3, -0.25) is 4.79 Å². The molecule has 20 heavy (non-hydrogen) atoms. The number of amides is 1. The zero-order valence-corrected chi connectivity index (χ0v) is 12.5. The Morgan fingerprint density at radius 2 is 2.00 bits per heavy atom. The molecule has 0 aliphatic carbocycles. The molecule has 2 aromatic rings. The van der Waals surface area contributed by atoms with Gasteiger partial charge >= 0.3 is 0 Å². The molecular formula is C15H17NO3S. The van der Waals surface area contributed by atoms with Crippen molar-refractivity contribution < 1.29 is 14.3 Å². The van der Waals surface area contributed by atoms with Crippen molar-refractivity contribution in [2.75, 3.05) is 19.5 Å². The number of aryl methyl sites for hydroxylation is 1. The first-order chi connectivity index (χ1) is 9.63. The lowest BCUT2D eigenvalue weighted by Crippen LogP contribution is -2.14. The number of methoxy groups -OCH3 is 2. The number of anilines is 1. The Balaban J connectivity index is 2.17. The molecule has 0 saturated heterocycles. The van der Waals surface area contributed by atoms with Gasteiger partial charge in [0.15, 0.2) is 0 Å². The number of ether oxygens (including phenoxy) is 2. The molecule has 1 aromatic carbocycles. The first-order valence-electron chi connectivity index (χ1n) is 6.19. The van der Waals surface area contributed by atoms with Crippen molar-refractivity contribution in [2.45, 2.75) is 13.3 Å². The second kappa shape index (κ2) is 6.43. The summed E-state index contributed by atoms with van der Waals surface area (Å²) in [6.45, 7) is 1.93. The summed E-state index contributed by atoms with van der Waals surface area (Å²) in [5, 5.41) is 4.82. The Kier molecular flexibility index (Phi) is 4.63. The Bertz CT molecular complexity index is 593. The van der Waals surface area contributed by atoms with Crippen molar-refractivity contribution in [2.24, 2.45) is 0 Å². The SMILES string of the molecule is COc1cc(NC(=O)Cc2cccs2)c(OC)cc1C. The highest BCUT2D eigenvalue weighted by atomic mass is 32.1. The highest BCUT2D eigenvalue weighted by Gasteiger charge is 2.12. The maximum absolute atomic E-state index is 12.0. The fourth-order valence-electron chi connectivity index (χ4n) is 1.91. The van der Waals surface area contributed by atoms with E-state index in [0.717, 1.165) is 16.2 Å². The minimum atomic E-state index is -0.0725. The van der Waals surface area contributed by atoms with Gasteiger partial charge in [-0.1, -0.05) is 6.07 Å². The van der Waals surface area contributed by atoms with Gasteiger partial charge in [-0.25, -0.2) is 0 Å². The highest BCUT2D eigenvalue weighted by Crippen LogP contribution is 2.32. The van der Waals surface area contributed by atoms with E-state index in [-0.39, 0.29) is 5.91 Å². The number of nitrogens with one attached hydrogen (secondary N) is 1. The molecule has 0 aliphatic rings. The zero-order valence-electron chi connectivity index (χ0n) is 11.7. The molecule has 0 spiro atoms. The van der Waals surface area contributed by atoms with Crippen LogP contribution in [0.1, 0.15) is 10.4 Å². The molecule has 1 aromatic heterocycles. The summed E-state index contributed by atoms with van der Waals surface area (Å²) in [6.07, 6.45) is 0.358. The number of rotatable bonds is 5. The van der Waals surface area contributed by atoms with E-state index in [4.69, 9.17) is 9.47 Å². The predicted molar refractivity (Wildman–Crippen MR) is 80.9 cm³/mol. The minimum absolute atomic E-state index is 0.0725. The third-order valence-corrected chi connectivity index (χ3v) is 3.78. The number of carbonyl (C=O) groups excluding carboxylic acids is 1. The lowest BCUT2D eigenvalue weighted by Gasteiger charge is -2.13. The maximum atomic E-state index is 12.0. The van der Waals surface area contributed by atoms with Gasteiger partial charge in [0.05, 0.1) is 26.3 Å². The van der Waals surface area contributed by atoms with E-state index < -0.39 is 0 Å². The van der Waals surface area contributed by atoms with Gasteiger partial charge in [-0.2, -0.15) is 0 Å². The van der Waals surface area contributed by atoms with E-state index in [0.29, 0.717) is 17.9 Å². The summed E-state index contributed by atoms with van der Waals surface area (Å²) in [5.74, 6) is 1.27. The van der Waals surface area contributed by atoms with Crippen LogP contribution in [0.25, 0.3) is 0 Å². The van der Waals surface area contributed by atoms with Crippen molar-refractivity contribution in [1.82, 2.24) is 0 Å². The third-order valence-electron chi connectivity index (χ3n) is 2.91. The van der Waals surface area contributed by atoms with Crippen molar-refractivity contribution in [3.8, 4) is 11.5 Å². The molecule has 1 N–H and O–H groups in total. The standard InChI is InChI=1S/C15H17NO3S/c1-10-7-14(19-3)12(9-13(10)18-2)16-15(17)8-11-5-4-6-20-11/h4-7,9H,8H2,1-3H3,(H,16,17). The smallest absolute Gasteiger partial charge is 0.229 e. The van der Waals surface area contributed by atoms with Crippen molar-refractivity contribution in [3.05, 3.63) is 40.1 Å². The minimum Gasteiger partial charge on any atom is -0.496 e. The van der Waals surface area contributed by atoms with Crippen molar-refractivity contribution in [3.63, 3.8) is 0 Å². The quantitative estimate of drug-likeness (QED) is 0.920. The van der Waals surface area contributed by atoms with Crippen LogP contribution in [0.4, 0.5) is 5.69 Å². The number of benzene rings is 1. The highest BCUT2D eigenvalue weighted by molar-refractivity contribution is 7.10. The maximum Gasteiger partial charge on any atom is 0.229 e. The first kappa shape index (κ1) is 14.4. The van der Waals surface area contributed by atoms with Gasteiger partial charge in [0.2, 0.25) is 5.91 Å². The van der Waals surface area contributed by atoms with E-state index >= 15 is 0 Å². The Labute approximate surface area is 122 Å². The van der Waals surface area contributed by atoms with Gasteiger partial charge < -0.3 is 14.8 Å². The van der Waals surface area contributed by atoms with Gasteiger partial charge in [0.1, 0.15) is 11.5 Å². The van der Waals surface area contributed by atoms with Crippen LogP contribution in [0.15, 0.2) is 29.6 Å². The molecule has 0 aliphatic heterocycles. The van der Waals surface area contributed by atoms with Crippen molar-refractivity contribution in [1.29, 1.82) is 0 Å². The van der Waals surface area contributed by atoms with E-state index in [1.54, 1.807) is 31.6 Å². The summed E-state index contributed by atoms with van der Waals surface area (Å²) in [4.78, 5) is 13.1. The number of carbonyl (C=O) groups is 1. The Morgan fingerprint density at radius 3 is 2.60 bits per heavy atom. The lowest BCUT2D eigenvalue weighted by atomic mass is 10.1. The molecule has 5 heteroatoms. The van der Waals surface area contributed by atoms with Gasteiger partial charge in [-0.15, -0.1) is 11.3 Å². The fraction of sp³-hybridized carbons (Fsp3) is 0.267.